The first-order valence-electron chi connectivity index (χ1n) is 7.77. The van der Waals surface area contributed by atoms with Crippen molar-refractivity contribution in [3.05, 3.63) is 47.2 Å². The third kappa shape index (κ3) is 2.19. The number of nitrogens with zero attached hydrogens (tertiary/aromatic N) is 5. The van der Waals surface area contributed by atoms with E-state index in [9.17, 15) is 4.79 Å². The second-order valence-corrected chi connectivity index (χ2v) is 5.93. The van der Waals surface area contributed by atoms with Crippen LogP contribution in [0.5, 0.6) is 0 Å². The Balaban J connectivity index is 1.67. The van der Waals surface area contributed by atoms with Crippen molar-refractivity contribution < 1.29 is 4.79 Å². The molecule has 0 aliphatic heterocycles. The molecule has 3 heterocycles. The third-order valence-corrected chi connectivity index (χ3v) is 4.49. The van der Waals surface area contributed by atoms with E-state index in [1.165, 1.54) is 12.0 Å². The molecule has 0 aromatic carbocycles. The number of carbonyl (C=O) groups excluding carboxylic acids is 1. The van der Waals surface area contributed by atoms with Crippen molar-refractivity contribution in [2.24, 2.45) is 7.05 Å². The fourth-order valence-corrected chi connectivity index (χ4v) is 3.48. The van der Waals surface area contributed by atoms with Crippen molar-refractivity contribution in [2.75, 3.05) is 0 Å². The molecule has 23 heavy (non-hydrogen) atoms. The maximum absolute atomic E-state index is 12.7. The topological polar surface area (TPSA) is 77.1 Å². The average molecular weight is 310 g/mol. The first-order valence-corrected chi connectivity index (χ1v) is 7.77. The van der Waals surface area contributed by atoms with E-state index in [0.717, 1.165) is 30.5 Å². The predicted molar refractivity (Wildman–Crippen MR) is 84.1 cm³/mol. The van der Waals surface area contributed by atoms with Gasteiger partial charge in [0.05, 0.1) is 11.7 Å². The van der Waals surface area contributed by atoms with Crippen LogP contribution in [0.2, 0.25) is 0 Å². The van der Waals surface area contributed by atoms with Gasteiger partial charge >= 0.3 is 0 Å². The van der Waals surface area contributed by atoms with Crippen LogP contribution < -0.4 is 5.32 Å². The highest BCUT2D eigenvalue weighted by Crippen LogP contribution is 2.32. The van der Waals surface area contributed by atoms with Crippen LogP contribution in [0.1, 0.15) is 46.3 Å². The smallest absolute Gasteiger partial charge is 0.270 e. The van der Waals surface area contributed by atoms with Gasteiger partial charge in [0.2, 0.25) is 0 Å². The SMILES string of the molecule is Cc1nn(C)c2c1C(NC(=O)c1cccc3ncnn13)CCC2. The minimum Gasteiger partial charge on any atom is -0.344 e. The molecule has 0 saturated carbocycles. The molecule has 1 unspecified atom stereocenters. The summed E-state index contributed by atoms with van der Waals surface area (Å²) in [6, 6.07) is 5.41. The molecule has 3 aromatic heterocycles. The van der Waals surface area contributed by atoms with Gasteiger partial charge in [0.25, 0.3) is 5.91 Å². The van der Waals surface area contributed by atoms with E-state index < -0.39 is 0 Å². The number of rotatable bonds is 2. The molecule has 1 aliphatic rings. The lowest BCUT2D eigenvalue weighted by Gasteiger charge is -2.24. The van der Waals surface area contributed by atoms with Crippen molar-refractivity contribution in [1.82, 2.24) is 29.7 Å². The summed E-state index contributed by atoms with van der Waals surface area (Å²) in [5, 5.41) is 11.8. The van der Waals surface area contributed by atoms with Gasteiger partial charge < -0.3 is 5.32 Å². The van der Waals surface area contributed by atoms with Crippen LogP contribution >= 0.6 is 0 Å². The molecule has 1 N–H and O–H groups in total. The summed E-state index contributed by atoms with van der Waals surface area (Å²) in [5.41, 5.74) is 4.54. The zero-order valence-corrected chi connectivity index (χ0v) is 13.2. The Kier molecular flexibility index (Phi) is 3.14. The molecule has 0 fully saturated rings. The number of nitrogens with one attached hydrogen (secondary N) is 1. The number of aromatic nitrogens is 5. The molecule has 0 bridgehead atoms. The van der Waals surface area contributed by atoms with Gasteiger partial charge in [-0.2, -0.15) is 10.2 Å². The van der Waals surface area contributed by atoms with Crippen LogP contribution in [0.15, 0.2) is 24.5 Å². The van der Waals surface area contributed by atoms with Crippen LogP contribution in [0.3, 0.4) is 0 Å². The second-order valence-electron chi connectivity index (χ2n) is 5.93. The van der Waals surface area contributed by atoms with Gasteiger partial charge in [0.15, 0.2) is 5.65 Å². The van der Waals surface area contributed by atoms with Gasteiger partial charge in [-0.1, -0.05) is 6.07 Å². The van der Waals surface area contributed by atoms with E-state index in [-0.39, 0.29) is 11.9 Å². The van der Waals surface area contributed by atoms with Crippen LogP contribution in [0.4, 0.5) is 0 Å². The molecular weight excluding hydrogens is 292 g/mol. The molecule has 7 heteroatoms. The van der Waals surface area contributed by atoms with Crippen molar-refractivity contribution in [2.45, 2.75) is 32.2 Å². The normalized spacial score (nSPS) is 17.2. The maximum atomic E-state index is 12.7. The summed E-state index contributed by atoms with van der Waals surface area (Å²) in [6.07, 6.45) is 4.44. The zero-order valence-electron chi connectivity index (χ0n) is 13.2. The van der Waals surface area contributed by atoms with E-state index in [1.807, 2.05) is 30.8 Å². The molecular formula is C16H18N6O. The Morgan fingerprint density at radius 1 is 1.39 bits per heavy atom. The van der Waals surface area contributed by atoms with Crippen molar-refractivity contribution in [1.29, 1.82) is 0 Å². The van der Waals surface area contributed by atoms with Crippen LogP contribution in [0.25, 0.3) is 5.65 Å². The second kappa shape index (κ2) is 5.19. The number of aryl methyl sites for hydroxylation is 2. The Bertz CT molecular complexity index is 893. The fraction of sp³-hybridized carbons (Fsp3) is 0.375. The monoisotopic (exact) mass is 310 g/mol. The number of hydrogen-bond donors (Lipinski definition) is 1. The minimum absolute atomic E-state index is 0.00118. The quantitative estimate of drug-likeness (QED) is 0.779. The van der Waals surface area contributed by atoms with E-state index in [4.69, 9.17) is 0 Å². The van der Waals surface area contributed by atoms with Gasteiger partial charge in [-0.3, -0.25) is 9.48 Å². The molecule has 118 valence electrons. The summed E-state index contributed by atoms with van der Waals surface area (Å²) in [7, 11) is 1.96. The lowest BCUT2D eigenvalue weighted by Crippen LogP contribution is -2.32. The van der Waals surface area contributed by atoms with Gasteiger partial charge in [0.1, 0.15) is 12.0 Å². The lowest BCUT2D eigenvalue weighted by atomic mass is 9.91. The highest BCUT2D eigenvalue weighted by Gasteiger charge is 2.28. The Morgan fingerprint density at radius 3 is 3.13 bits per heavy atom. The lowest BCUT2D eigenvalue weighted by molar-refractivity contribution is 0.0925. The van der Waals surface area contributed by atoms with E-state index in [2.05, 4.69) is 20.5 Å². The van der Waals surface area contributed by atoms with Crippen molar-refractivity contribution >= 4 is 11.6 Å². The molecule has 0 spiro atoms. The molecule has 4 rings (SSSR count). The summed E-state index contributed by atoms with van der Waals surface area (Å²) in [4.78, 5) is 16.8. The van der Waals surface area contributed by atoms with Crippen molar-refractivity contribution in [3.8, 4) is 0 Å². The highest BCUT2D eigenvalue weighted by molar-refractivity contribution is 5.93. The summed E-state index contributed by atoms with van der Waals surface area (Å²) < 4.78 is 3.50. The molecule has 7 nitrogen and oxygen atoms in total. The third-order valence-electron chi connectivity index (χ3n) is 4.49. The van der Waals surface area contributed by atoms with Gasteiger partial charge in [-0.25, -0.2) is 9.50 Å². The largest absolute Gasteiger partial charge is 0.344 e. The van der Waals surface area contributed by atoms with Crippen LogP contribution in [-0.2, 0) is 13.5 Å². The molecule has 3 aromatic rings. The summed E-state index contributed by atoms with van der Waals surface area (Å²) in [6.45, 7) is 2.00. The number of pyridine rings is 1. The first kappa shape index (κ1) is 13.9. The zero-order chi connectivity index (χ0) is 16.0. The van der Waals surface area contributed by atoms with Gasteiger partial charge in [-0.05, 0) is 38.3 Å². The Labute approximate surface area is 133 Å². The van der Waals surface area contributed by atoms with E-state index >= 15 is 0 Å². The molecule has 1 aliphatic carbocycles. The average Bonchev–Trinajstić information content (AvgIpc) is 3.12. The molecule has 1 atom stereocenters. The highest BCUT2D eigenvalue weighted by atomic mass is 16.2. The van der Waals surface area contributed by atoms with Gasteiger partial charge in [-0.15, -0.1) is 0 Å². The van der Waals surface area contributed by atoms with E-state index in [1.54, 1.807) is 10.6 Å². The minimum atomic E-state index is -0.137. The van der Waals surface area contributed by atoms with Crippen LogP contribution in [-0.4, -0.2) is 30.3 Å². The van der Waals surface area contributed by atoms with Crippen molar-refractivity contribution in [3.63, 3.8) is 0 Å². The van der Waals surface area contributed by atoms with E-state index in [0.29, 0.717) is 11.3 Å². The Morgan fingerprint density at radius 2 is 2.26 bits per heavy atom. The standard InChI is InChI=1S/C16H18N6O/c1-10-15-11(5-3-6-12(15)21(2)20-10)19-16(23)13-7-4-8-14-17-9-18-22(13)14/h4,7-9,11H,3,5-6H2,1-2H3,(H,19,23). The number of hydrogen-bond acceptors (Lipinski definition) is 4. The number of carbonyl (C=O) groups is 1. The summed E-state index contributed by atoms with van der Waals surface area (Å²) in [5.74, 6) is -0.137. The number of amides is 1. The summed E-state index contributed by atoms with van der Waals surface area (Å²) >= 11 is 0. The van der Waals surface area contributed by atoms with Crippen LogP contribution in [0, 0.1) is 6.92 Å². The molecule has 0 radical (unpaired) electrons. The Hall–Kier alpha value is -2.70. The van der Waals surface area contributed by atoms with Gasteiger partial charge in [0, 0.05) is 18.3 Å². The predicted octanol–water partition coefficient (Wildman–Crippen LogP) is 1.58. The fourth-order valence-electron chi connectivity index (χ4n) is 3.48. The molecule has 1 amide bonds. The first-order chi connectivity index (χ1) is 11.1. The maximum Gasteiger partial charge on any atom is 0.270 e. The number of fused-ring (bicyclic) bond motifs is 2. The molecule has 0 saturated heterocycles.